The zero-order valence-corrected chi connectivity index (χ0v) is 14.0. The quantitative estimate of drug-likeness (QED) is 0.517. The first-order chi connectivity index (χ1) is 12.3. The molecular weight excluding hydrogens is 310 g/mol. The lowest BCUT2D eigenvalue weighted by molar-refractivity contribution is 0.546. The van der Waals surface area contributed by atoms with Crippen molar-refractivity contribution in [1.29, 1.82) is 0 Å². The van der Waals surface area contributed by atoms with Crippen LogP contribution >= 0.6 is 0 Å². The number of nitrogens with zero attached hydrogens (tertiary/aromatic N) is 3. The average Bonchev–Trinajstić information content (AvgIpc) is 3.32. The standard InChI is InChI=1S/C21H19N3O/c1-16(12-17-6-5-10-22-13-17)24-15-23-20(18-7-3-2-4-8-18)21(24)19-9-11-25-14-19/h2-11,13-16H,12H2,1H3/t16-/m1/s1. The number of furan rings is 1. The van der Waals surface area contributed by atoms with Crippen molar-refractivity contribution in [2.45, 2.75) is 19.4 Å². The third-order valence-corrected chi connectivity index (χ3v) is 4.36. The molecule has 0 saturated heterocycles. The van der Waals surface area contributed by atoms with Crippen LogP contribution in [0.4, 0.5) is 0 Å². The van der Waals surface area contributed by atoms with Gasteiger partial charge in [-0.15, -0.1) is 0 Å². The summed E-state index contributed by atoms with van der Waals surface area (Å²) in [5.41, 5.74) is 5.40. The highest BCUT2D eigenvalue weighted by Gasteiger charge is 2.19. The average molecular weight is 329 g/mol. The minimum absolute atomic E-state index is 0.249. The van der Waals surface area contributed by atoms with Gasteiger partial charge < -0.3 is 8.98 Å². The molecule has 0 aliphatic rings. The number of aromatic nitrogens is 3. The highest BCUT2D eigenvalue weighted by atomic mass is 16.3. The van der Waals surface area contributed by atoms with Crippen molar-refractivity contribution in [3.05, 3.63) is 85.3 Å². The highest BCUT2D eigenvalue weighted by Crippen LogP contribution is 2.34. The molecule has 1 atom stereocenters. The summed E-state index contributed by atoms with van der Waals surface area (Å²) in [6.07, 6.45) is 10.0. The molecule has 0 saturated carbocycles. The zero-order valence-electron chi connectivity index (χ0n) is 14.0. The summed E-state index contributed by atoms with van der Waals surface area (Å²) in [4.78, 5) is 8.93. The van der Waals surface area contributed by atoms with Gasteiger partial charge in [-0.25, -0.2) is 4.98 Å². The van der Waals surface area contributed by atoms with Crippen LogP contribution in [-0.4, -0.2) is 14.5 Å². The summed E-state index contributed by atoms with van der Waals surface area (Å²) in [5, 5.41) is 0. The van der Waals surface area contributed by atoms with E-state index in [-0.39, 0.29) is 6.04 Å². The van der Waals surface area contributed by atoms with E-state index in [1.807, 2.05) is 42.9 Å². The fraction of sp³-hybridized carbons (Fsp3) is 0.143. The molecule has 0 aliphatic carbocycles. The molecule has 1 aromatic carbocycles. The molecule has 124 valence electrons. The van der Waals surface area contributed by atoms with Gasteiger partial charge in [0.1, 0.15) is 0 Å². The molecule has 0 unspecified atom stereocenters. The van der Waals surface area contributed by atoms with E-state index in [0.717, 1.165) is 28.9 Å². The molecule has 4 nitrogen and oxygen atoms in total. The van der Waals surface area contributed by atoms with Crippen LogP contribution in [0.25, 0.3) is 22.5 Å². The third kappa shape index (κ3) is 3.11. The molecule has 0 N–H and O–H groups in total. The van der Waals surface area contributed by atoms with E-state index in [9.17, 15) is 0 Å². The second-order valence-corrected chi connectivity index (χ2v) is 6.14. The van der Waals surface area contributed by atoms with Crippen molar-refractivity contribution in [3.8, 4) is 22.5 Å². The molecule has 0 fully saturated rings. The van der Waals surface area contributed by atoms with Gasteiger partial charge in [-0.05, 0) is 31.0 Å². The molecular formula is C21H19N3O. The van der Waals surface area contributed by atoms with E-state index in [1.54, 1.807) is 18.7 Å². The first-order valence-corrected chi connectivity index (χ1v) is 8.36. The Morgan fingerprint density at radius 3 is 2.64 bits per heavy atom. The van der Waals surface area contributed by atoms with Gasteiger partial charge in [0.05, 0.1) is 30.2 Å². The molecule has 0 bridgehead atoms. The number of hydrogen-bond acceptors (Lipinski definition) is 3. The van der Waals surface area contributed by atoms with E-state index in [4.69, 9.17) is 9.40 Å². The van der Waals surface area contributed by atoms with Gasteiger partial charge in [0.2, 0.25) is 0 Å². The number of benzene rings is 1. The van der Waals surface area contributed by atoms with Crippen LogP contribution in [0, 0.1) is 0 Å². The van der Waals surface area contributed by atoms with Crippen LogP contribution in [0.3, 0.4) is 0 Å². The Kier molecular flexibility index (Phi) is 4.17. The summed E-state index contributed by atoms with van der Waals surface area (Å²) in [6.45, 7) is 2.20. The van der Waals surface area contributed by atoms with E-state index >= 15 is 0 Å². The maximum Gasteiger partial charge on any atom is 0.0996 e. The van der Waals surface area contributed by atoms with Crippen LogP contribution in [0.15, 0.2) is 84.2 Å². The monoisotopic (exact) mass is 329 g/mol. The Morgan fingerprint density at radius 2 is 1.92 bits per heavy atom. The summed E-state index contributed by atoms with van der Waals surface area (Å²) >= 11 is 0. The van der Waals surface area contributed by atoms with E-state index in [0.29, 0.717) is 0 Å². The summed E-state index contributed by atoms with van der Waals surface area (Å²) in [7, 11) is 0. The predicted octanol–water partition coefficient (Wildman–Crippen LogP) is 5.01. The van der Waals surface area contributed by atoms with E-state index in [2.05, 4.69) is 34.7 Å². The Hall–Kier alpha value is -3.14. The molecule has 0 aliphatic heterocycles. The third-order valence-electron chi connectivity index (χ3n) is 4.36. The first-order valence-electron chi connectivity index (χ1n) is 8.36. The van der Waals surface area contributed by atoms with Crippen molar-refractivity contribution in [2.75, 3.05) is 0 Å². The SMILES string of the molecule is C[C@H](Cc1cccnc1)n1cnc(-c2ccccc2)c1-c1ccoc1. The van der Waals surface area contributed by atoms with Crippen molar-refractivity contribution >= 4 is 0 Å². The molecule has 4 heteroatoms. The fourth-order valence-corrected chi connectivity index (χ4v) is 3.15. The van der Waals surface area contributed by atoms with Gasteiger partial charge in [0.25, 0.3) is 0 Å². The highest BCUT2D eigenvalue weighted by molar-refractivity contribution is 5.78. The second-order valence-electron chi connectivity index (χ2n) is 6.14. The largest absolute Gasteiger partial charge is 0.472 e. The topological polar surface area (TPSA) is 43.9 Å². The minimum Gasteiger partial charge on any atom is -0.472 e. The smallest absolute Gasteiger partial charge is 0.0996 e. The van der Waals surface area contributed by atoms with Crippen molar-refractivity contribution in [3.63, 3.8) is 0 Å². The van der Waals surface area contributed by atoms with E-state index in [1.165, 1.54) is 5.56 Å². The fourth-order valence-electron chi connectivity index (χ4n) is 3.15. The van der Waals surface area contributed by atoms with Crippen LogP contribution < -0.4 is 0 Å². The Labute approximate surface area is 146 Å². The van der Waals surface area contributed by atoms with Crippen LogP contribution in [-0.2, 0) is 6.42 Å². The summed E-state index contributed by atoms with van der Waals surface area (Å²) in [5.74, 6) is 0. The van der Waals surface area contributed by atoms with Gasteiger partial charge in [-0.3, -0.25) is 4.98 Å². The van der Waals surface area contributed by atoms with E-state index < -0.39 is 0 Å². The van der Waals surface area contributed by atoms with Crippen molar-refractivity contribution in [1.82, 2.24) is 14.5 Å². The molecule has 3 heterocycles. The van der Waals surface area contributed by atoms with Crippen LogP contribution in [0.1, 0.15) is 18.5 Å². The van der Waals surface area contributed by atoms with Gasteiger partial charge in [0.15, 0.2) is 0 Å². The normalized spacial score (nSPS) is 12.2. The second kappa shape index (κ2) is 6.77. The molecule has 4 aromatic rings. The van der Waals surface area contributed by atoms with Gasteiger partial charge >= 0.3 is 0 Å². The minimum atomic E-state index is 0.249. The Morgan fingerprint density at radius 1 is 1.04 bits per heavy atom. The Balaban J connectivity index is 1.77. The predicted molar refractivity (Wildman–Crippen MR) is 98.0 cm³/mol. The molecule has 0 radical (unpaired) electrons. The van der Waals surface area contributed by atoms with Crippen LogP contribution in [0.5, 0.6) is 0 Å². The lowest BCUT2D eigenvalue weighted by atomic mass is 10.0. The number of hydrogen-bond donors (Lipinski definition) is 0. The maximum atomic E-state index is 5.33. The molecule has 25 heavy (non-hydrogen) atoms. The first kappa shape index (κ1) is 15.4. The molecule has 4 rings (SSSR count). The Bertz CT molecular complexity index is 928. The lowest BCUT2D eigenvalue weighted by Crippen LogP contribution is -2.09. The van der Waals surface area contributed by atoms with Gasteiger partial charge in [0, 0.05) is 29.6 Å². The maximum absolute atomic E-state index is 5.33. The number of imidazole rings is 1. The molecule has 0 spiro atoms. The van der Waals surface area contributed by atoms with Crippen molar-refractivity contribution in [2.24, 2.45) is 0 Å². The van der Waals surface area contributed by atoms with Crippen molar-refractivity contribution < 1.29 is 4.42 Å². The van der Waals surface area contributed by atoms with Gasteiger partial charge in [-0.2, -0.15) is 0 Å². The summed E-state index contributed by atoms with van der Waals surface area (Å²) in [6, 6.07) is 16.6. The zero-order chi connectivity index (χ0) is 17.1. The lowest BCUT2D eigenvalue weighted by Gasteiger charge is -2.17. The summed E-state index contributed by atoms with van der Waals surface area (Å²) < 4.78 is 7.55. The number of rotatable bonds is 5. The molecule has 3 aromatic heterocycles. The van der Waals surface area contributed by atoms with Gasteiger partial charge in [-0.1, -0.05) is 36.4 Å². The van der Waals surface area contributed by atoms with Crippen LogP contribution in [0.2, 0.25) is 0 Å². The molecule has 0 amide bonds. The number of pyridine rings is 1.